The third-order valence-electron chi connectivity index (χ3n) is 10.4. The van der Waals surface area contributed by atoms with Crippen molar-refractivity contribution in [2.75, 3.05) is 0 Å². The summed E-state index contributed by atoms with van der Waals surface area (Å²) in [6, 6.07) is 46.6. The van der Waals surface area contributed by atoms with E-state index in [-0.39, 0.29) is 5.92 Å². The predicted octanol–water partition coefficient (Wildman–Crippen LogP) is 12.6. The summed E-state index contributed by atoms with van der Waals surface area (Å²) in [5.41, 5.74) is 7.32. The summed E-state index contributed by atoms with van der Waals surface area (Å²) in [6.07, 6.45) is 9.29. The molecule has 5 nitrogen and oxygen atoms in total. The van der Waals surface area contributed by atoms with E-state index in [1.54, 1.807) is 0 Å². The summed E-state index contributed by atoms with van der Waals surface area (Å²) in [4.78, 5) is 15.3. The molecule has 1 unspecified atom stereocenters. The van der Waals surface area contributed by atoms with E-state index in [0.29, 0.717) is 11.6 Å². The molecule has 0 aliphatic heterocycles. The van der Waals surface area contributed by atoms with Crippen LogP contribution in [0.25, 0.3) is 99.3 Å². The van der Waals surface area contributed by atoms with Gasteiger partial charge in [0, 0.05) is 38.6 Å². The summed E-state index contributed by atoms with van der Waals surface area (Å²) in [5, 5.41) is 9.14. The van der Waals surface area contributed by atoms with Crippen molar-refractivity contribution in [1.82, 2.24) is 15.0 Å². The number of nitrogens with zero attached hydrogens (tertiary/aromatic N) is 3. The Kier molecular flexibility index (Phi) is 6.31. The number of aromatic nitrogens is 3. The van der Waals surface area contributed by atoms with Crippen LogP contribution >= 0.6 is 0 Å². The van der Waals surface area contributed by atoms with Gasteiger partial charge in [-0.05, 0) is 81.6 Å². The van der Waals surface area contributed by atoms with Crippen molar-refractivity contribution in [3.63, 3.8) is 0 Å². The highest BCUT2D eigenvalue weighted by atomic mass is 16.3. The van der Waals surface area contributed by atoms with Gasteiger partial charge in [0.1, 0.15) is 28.2 Å². The lowest BCUT2D eigenvalue weighted by molar-refractivity contribution is 0.668. The van der Waals surface area contributed by atoms with Crippen LogP contribution < -0.4 is 0 Å². The molecule has 0 amide bonds. The standard InChI is InChI=1S/C47H29N3O2/c1-2-10-30(11-3-1)45-48-46(33-22-23-36-35-13-6-7-15-40(35)51-42(36)27-33)50-47(49-45)38-14-8-16-41-44(38)37-24-21-32(26-43(37)52-41)31-20-19-29-18-17-28-9-4-5-12-34(28)39(29)25-31/h1-10,12-27,30H,11H2. The van der Waals surface area contributed by atoms with Gasteiger partial charge in [-0.15, -0.1) is 0 Å². The minimum atomic E-state index is 0.0439. The lowest BCUT2D eigenvalue weighted by Gasteiger charge is -2.14. The van der Waals surface area contributed by atoms with Gasteiger partial charge in [0.25, 0.3) is 0 Å². The van der Waals surface area contributed by atoms with Gasteiger partial charge < -0.3 is 8.83 Å². The molecule has 0 bridgehead atoms. The average molecular weight is 668 g/mol. The molecule has 0 fully saturated rings. The van der Waals surface area contributed by atoms with E-state index >= 15 is 0 Å². The van der Waals surface area contributed by atoms with Crippen molar-refractivity contribution in [2.45, 2.75) is 12.3 Å². The van der Waals surface area contributed by atoms with Gasteiger partial charge in [-0.25, -0.2) is 15.0 Å². The van der Waals surface area contributed by atoms with E-state index in [4.69, 9.17) is 23.8 Å². The van der Waals surface area contributed by atoms with Crippen LogP contribution in [0.2, 0.25) is 0 Å². The lowest BCUT2D eigenvalue weighted by atomic mass is 9.96. The van der Waals surface area contributed by atoms with Crippen LogP contribution in [-0.4, -0.2) is 15.0 Å². The van der Waals surface area contributed by atoms with Crippen molar-refractivity contribution in [3.8, 4) is 33.9 Å². The summed E-state index contributed by atoms with van der Waals surface area (Å²) >= 11 is 0. The summed E-state index contributed by atoms with van der Waals surface area (Å²) in [6.45, 7) is 0. The number of hydrogen-bond donors (Lipinski definition) is 0. The minimum Gasteiger partial charge on any atom is -0.456 e. The molecule has 0 radical (unpaired) electrons. The fourth-order valence-electron chi connectivity index (χ4n) is 7.82. The third kappa shape index (κ3) is 4.60. The largest absolute Gasteiger partial charge is 0.456 e. The topological polar surface area (TPSA) is 65.0 Å². The first-order valence-corrected chi connectivity index (χ1v) is 17.6. The first-order valence-electron chi connectivity index (χ1n) is 17.6. The second-order valence-electron chi connectivity index (χ2n) is 13.5. The number of hydrogen-bond acceptors (Lipinski definition) is 5. The van der Waals surface area contributed by atoms with Crippen molar-refractivity contribution in [2.24, 2.45) is 0 Å². The second-order valence-corrected chi connectivity index (χ2v) is 13.5. The average Bonchev–Trinajstić information content (AvgIpc) is 3.78. The molecule has 1 aliphatic rings. The van der Waals surface area contributed by atoms with Crippen molar-refractivity contribution >= 4 is 65.4 Å². The SMILES string of the molecule is C1=CCC(c2nc(-c3ccc4c(c3)oc3ccccc34)nc(-c3cccc4oc5cc(-c6ccc7ccc8ccccc8c7c6)ccc5c34)n2)C=C1. The molecule has 0 saturated carbocycles. The molecule has 5 heteroatoms. The molecule has 0 N–H and O–H groups in total. The molecule has 1 atom stereocenters. The maximum atomic E-state index is 6.57. The van der Waals surface area contributed by atoms with E-state index in [9.17, 15) is 0 Å². The highest BCUT2D eigenvalue weighted by molar-refractivity contribution is 6.13. The van der Waals surface area contributed by atoms with Gasteiger partial charge in [0.05, 0.1) is 0 Å². The van der Waals surface area contributed by atoms with Crippen molar-refractivity contribution in [3.05, 3.63) is 164 Å². The highest BCUT2D eigenvalue weighted by Crippen LogP contribution is 2.40. The molecule has 1 aliphatic carbocycles. The number of benzene rings is 7. The molecule has 3 heterocycles. The zero-order valence-electron chi connectivity index (χ0n) is 28.0. The van der Waals surface area contributed by atoms with Crippen molar-refractivity contribution in [1.29, 1.82) is 0 Å². The van der Waals surface area contributed by atoms with E-state index in [2.05, 4.69) is 121 Å². The monoisotopic (exact) mass is 667 g/mol. The third-order valence-corrected chi connectivity index (χ3v) is 10.4. The Balaban J connectivity index is 1.06. The summed E-state index contributed by atoms with van der Waals surface area (Å²) in [5.74, 6) is 2.01. The molecule has 11 rings (SSSR count). The van der Waals surface area contributed by atoms with Gasteiger partial charge in [-0.3, -0.25) is 0 Å². The zero-order chi connectivity index (χ0) is 34.2. The Bertz CT molecular complexity index is 3130. The Labute approximate surface area is 298 Å². The predicted molar refractivity (Wildman–Crippen MR) is 211 cm³/mol. The Morgan fingerprint density at radius 2 is 1.13 bits per heavy atom. The number of rotatable bonds is 4. The number of para-hydroxylation sites is 1. The summed E-state index contributed by atoms with van der Waals surface area (Å²) < 4.78 is 12.8. The Morgan fingerprint density at radius 3 is 2.06 bits per heavy atom. The van der Waals surface area contributed by atoms with Gasteiger partial charge in [0.2, 0.25) is 0 Å². The van der Waals surface area contributed by atoms with Crippen LogP contribution in [0.5, 0.6) is 0 Å². The van der Waals surface area contributed by atoms with Crippen LogP contribution in [0, 0.1) is 0 Å². The van der Waals surface area contributed by atoms with Crippen LogP contribution in [0.1, 0.15) is 18.2 Å². The number of furan rings is 2. The minimum absolute atomic E-state index is 0.0439. The highest BCUT2D eigenvalue weighted by Gasteiger charge is 2.21. The lowest BCUT2D eigenvalue weighted by Crippen LogP contribution is -2.08. The first-order chi connectivity index (χ1) is 25.7. The molecular formula is C47H29N3O2. The smallest absolute Gasteiger partial charge is 0.164 e. The normalized spacial score (nSPS) is 14.5. The zero-order valence-corrected chi connectivity index (χ0v) is 28.0. The molecular weight excluding hydrogens is 639 g/mol. The quantitative estimate of drug-likeness (QED) is 0.175. The Hall–Kier alpha value is -6.85. The second kappa shape index (κ2) is 11.3. The van der Waals surface area contributed by atoms with Gasteiger partial charge >= 0.3 is 0 Å². The molecule has 0 spiro atoms. The first kappa shape index (κ1) is 28.9. The number of allylic oxidation sites excluding steroid dienone is 4. The van der Waals surface area contributed by atoms with Crippen molar-refractivity contribution < 1.29 is 8.83 Å². The van der Waals surface area contributed by atoms with Gasteiger partial charge in [-0.2, -0.15) is 0 Å². The van der Waals surface area contributed by atoms with E-state index in [0.717, 1.165) is 78.4 Å². The van der Waals surface area contributed by atoms with E-state index in [1.165, 1.54) is 21.5 Å². The molecule has 244 valence electrons. The van der Waals surface area contributed by atoms with E-state index in [1.807, 2.05) is 36.4 Å². The van der Waals surface area contributed by atoms with Gasteiger partial charge in [-0.1, -0.05) is 115 Å². The maximum absolute atomic E-state index is 6.57. The Morgan fingerprint density at radius 1 is 0.462 bits per heavy atom. The fraction of sp³-hybridized carbons (Fsp3) is 0.0426. The molecule has 3 aromatic heterocycles. The molecule has 7 aromatic carbocycles. The summed E-state index contributed by atoms with van der Waals surface area (Å²) in [7, 11) is 0. The van der Waals surface area contributed by atoms with Crippen LogP contribution in [0.4, 0.5) is 0 Å². The fourth-order valence-corrected chi connectivity index (χ4v) is 7.82. The molecule has 52 heavy (non-hydrogen) atoms. The van der Waals surface area contributed by atoms with Gasteiger partial charge in [0.15, 0.2) is 11.6 Å². The maximum Gasteiger partial charge on any atom is 0.164 e. The van der Waals surface area contributed by atoms with Crippen LogP contribution in [0.3, 0.4) is 0 Å². The van der Waals surface area contributed by atoms with Crippen LogP contribution in [0.15, 0.2) is 167 Å². The number of fused-ring (bicyclic) bond motifs is 9. The molecule has 10 aromatic rings. The van der Waals surface area contributed by atoms with E-state index < -0.39 is 0 Å². The van der Waals surface area contributed by atoms with Crippen LogP contribution in [-0.2, 0) is 0 Å². The molecule has 0 saturated heterocycles.